The number of allylic oxidation sites excluding steroid dienone is 2. The molecular weight excluding hydrogens is 779 g/mol. The summed E-state index contributed by atoms with van der Waals surface area (Å²) in [6, 6.07) is -0.543. The van der Waals surface area contributed by atoms with E-state index in [0.717, 1.165) is 38.5 Å². The average Bonchev–Trinajstić information content (AvgIpc) is 3.28. The number of carbonyl (C=O) groups is 2. The number of aliphatic hydroxyl groups excluding tert-OH is 2. The predicted octanol–water partition coefficient (Wildman–Crippen LogP) is 17.3. The second-order valence-corrected chi connectivity index (χ2v) is 19.6. The maximum absolute atomic E-state index is 12.4. The molecule has 1 amide bonds. The largest absolute Gasteiger partial charge is 0.466 e. The van der Waals surface area contributed by atoms with Gasteiger partial charge in [0.1, 0.15) is 0 Å². The van der Waals surface area contributed by atoms with Gasteiger partial charge >= 0.3 is 5.97 Å². The molecule has 0 radical (unpaired) electrons. The molecule has 0 aromatic heterocycles. The molecule has 0 aromatic rings. The van der Waals surface area contributed by atoms with E-state index in [1.165, 1.54) is 244 Å². The summed E-state index contributed by atoms with van der Waals surface area (Å²) in [6.45, 7) is 4.95. The molecule has 0 heterocycles. The van der Waals surface area contributed by atoms with Crippen molar-refractivity contribution in [1.29, 1.82) is 0 Å². The summed E-state index contributed by atoms with van der Waals surface area (Å²) in [7, 11) is 0. The van der Waals surface area contributed by atoms with Crippen molar-refractivity contribution in [1.82, 2.24) is 5.32 Å². The maximum atomic E-state index is 12.4. The first-order chi connectivity index (χ1) is 31.0. The van der Waals surface area contributed by atoms with E-state index < -0.39 is 12.1 Å². The summed E-state index contributed by atoms with van der Waals surface area (Å²) < 4.78 is 5.47. The first kappa shape index (κ1) is 61.6. The van der Waals surface area contributed by atoms with E-state index >= 15 is 0 Å². The lowest BCUT2D eigenvalue weighted by Crippen LogP contribution is -2.45. The van der Waals surface area contributed by atoms with E-state index in [4.69, 9.17) is 4.74 Å². The minimum Gasteiger partial charge on any atom is -0.466 e. The smallest absolute Gasteiger partial charge is 0.305 e. The summed E-state index contributed by atoms with van der Waals surface area (Å²) in [4.78, 5) is 24.4. The Kier molecular flexibility index (Phi) is 52.0. The van der Waals surface area contributed by atoms with Gasteiger partial charge in [0, 0.05) is 12.8 Å². The zero-order valence-electron chi connectivity index (χ0n) is 42.6. The molecule has 0 aliphatic heterocycles. The molecule has 6 nitrogen and oxygen atoms in total. The van der Waals surface area contributed by atoms with Gasteiger partial charge in [0.05, 0.1) is 25.4 Å². The van der Waals surface area contributed by atoms with Gasteiger partial charge in [0.15, 0.2) is 0 Å². The van der Waals surface area contributed by atoms with Crippen LogP contribution < -0.4 is 5.32 Å². The lowest BCUT2D eigenvalue weighted by Gasteiger charge is -2.22. The highest BCUT2D eigenvalue weighted by Crippen LogP contribution is 2.17. The van der Waals surface area contributed by atoms with Crippen molar-refractivity contribution in [2.75, 3.05) is 13.2 Å². The number of amides is 1. The molecule has 2 unspecified atom stereocenters. The average molecular weight is 891 g/mol. The van der Waals surface area contributed by atoms with Gasteiger partial charge in [-0.1, -0.05) is 264 Å². The number of hydrogen-bond acceptors (Lipinski definition) is 5. The summed E-state index contributed by atoms with van der Waals surface area (Å²) in [6.07, 6.45) is 62.1. The van der Waals surface area contributed by atoms with Crippen molar-refractivity contribution in [3.63, 3.8) is 0 Å². The lowest BCUT2D eigenvalue weighted by molar-refractivity contribution is -0.143. The Balaban J connectivity index is 3.38. The number of rotatable bonds is 53. The van der Waals surface area contributed by atoms with Crippen molar-refractivity contribution in [2.24, 2.45) is 0 Å². The second-order valence-electron chi connectivity index (χ2n) is 19.6. The Hall–Kier alpha value is -1.40. The molecule has 0 saturated heterocycles. The minimum absolute atomic E-state index is 0.0132. The van der Waals surface area contributed by atoms with Crippen LogP contribution in [-0.2, 0) is 14.3 Å². The van der Waals surface area contributed by atoms with Crippen LogP contribution in [0.1, 0.15) is 316 Å². The third-order valence-electron chi connectivity index (χ3n) is 13.3. The molecule has 0 aromatic carbocycles. The Morgan fingerprint density at radius 1 is 0.429 bits per heavy atom. The summed E-state index contributed by atoms with van der Waals surface area (Å²) in [5.41, 5.74) is 0. The van der Waals surface area contributed by atoms with Gasteiger partial charge in [-0.15, -0.1) is 0 Å². The third kappa shape index (κ3) is 49.9. The SMILES string of the molecule is CCCCCCCCCCCCCCCC(=O)OCCCCCCCCCCCCCC/C=C\CCCCCCCCCC(=O)NC(CO)C(O)CCCCCCCCCCCC. The molecule has 0 bridgehead atoms. The van der Waals surface area contributed by atoms with Gasteiger partial charge < -0.3 is 20.3 Å². The highest BCUT2D eigenvalue weighted by atomic mass is 16.5. The number of nitrogens with one attached hydrogen (secondary N) is 1. The monoisotopic (exact) mass is 890 g/mol. The zero-order chi connectivity index (χ0) is 45.8. The van der Waals surface area contributed by atoms with Crippen molar-refractivity contribution < 1.29 is 24.5 Å². The van der Waals surface area contributed by atoms with E-state index in [1.807, 2.05) is 0 Å². The molecule has 2 atom stereocenters. The molecule has 3 N–H and O–H groups in total. The van der Waals surface area contributed by atoms with Gasteiger partial charge in [-0.05, 0) is 51.4 Å². The van der Waals surface area contributed by atoms with Crippen LogP contribution in [0, 0.1) is 0 Å². The van der Waals surface area contributed by atoms with Crippen LogP contribution >= 0.6 is 0 Å². The summed E-state index contributed by atoms with van der Waals surface area (Å²) >= 11 is 0. The van der Waals surface area contributed by atoms with Crippen LogP contribution in [0.15, 0.2) is 12.2 Å². The number of aliphatic hydroxyl groups is 2. The Morgan fingerprint density at radius 2 is 0.746 bits per heavy atom. The molecule has 0 aliphatic rings. The molecule has 0 rings (SSSR count). The molecule has 0 fully saturated rings. The van der Waals surface area contributed by atoms with Crippen molar-refractivity contribution in [3.05, 3.63) is 12.2 Å². The minimum atomic E-state index is -0.665. The molecule has 0 aliphatic carbocycles. The first-order valence-corrected chi connectivity index (χ1v) is 28.4. The van der Waals surface area contributed by atoms with E-state index in [0.29, 0.717) is 25.9 Å². The normalized spacial score (nSPS) is 12.6. The van der Waals surface area contributed by atoms with Gasteiger partial charge in [0.25, 0.3) is 0 Å². The second kappa shape index (κ2) is 53.2. The van der Waals surface area contributed by atoms with Crippen LogP contribution in [0.3, 0.4) is 0 Å². The maximum Gasteiger partial charge on any atom is 0.305 e. The first-order valence-electron chi connectivity index (χ1n) is 28.4. The van der Waals surface area contributed by atoms with Gasteiger partial charge in [0.2, 0.25) is 5.91 Å². The highest BCUT2D eigenvalue weighted by molar-refractivity contribution is 5.76. The van der Waals surface area contributed by atoms with E-state index in [2.05, 4.69) is 31.3 Å². The third-order valence-corrected chi connectivity index (χ3v) is 13.3. The van der Waals surface area contributed by atoms with E-state index in [-0.39, 0.29) is 18.5 Å². The quantitative estimate of drug-likeness (QED) is 0.0321. The summed E-state index contributed by atoms with van der Waals surface area (Å²) in [5.74, 6) is -0.0288. The van der Waals surface area contributed by atoms with Crippen LogP contribution in [0.25, 0.3) is 0 Å². The van der Waals surface area contributed by atoms with Crippen LogP contribution in [0.5, 0.6) is 0 Å². The Labute approximate surface area is 393 Å². The van der Waals surface area contributed by atoms with Crippen molar-refractivity contribution in [3.8, 4) is 0 Å². The fourth-order valence-electron chi connectivity index (χ4n) is 8.93. The Bertz CT molecular complexity index is 939. The molecule has 6 heteroatoms. The lowest BCUT2D eigenvalue weighted by atomic mass is 10.0. The molecule has 0 spiro atoms. The number of ether oxygens (including phenoxy) is 1. The predicted molar refractivity (Wildman–Crippen MR) is 273 cm³/mol. The van der Waals surface area contributed by atoms with Crippen molar-refractivity contribution >= 4 is 11.9 Å². The van der Waals surface area contributed by atoms with Crippen LogP contribution in [0.4, 0.5) is 0 Å². The summed E-state index contributed by atoms with van der Waals surface area (Å²) in [5, 5.41) is 23.1. The molecular formula is C57H111NO5. The van der Waals surface area contributed by atoms with Gasteiger partial charge in [-0.2, -0.15) is 0 Å². The molecule has 63 heavy (non-hydrogen) atoms. The number of carbonyl (C=O) groups excluding carboxylic acids is 2. The number of hydrogen-bond donors (Lipinski definition) is 3. The fraction of sp³-hybridized carbons (Fsp3) is 0.930. The molecule has 374 valence electrons. The standard InChI is InChI=1S/C57H111NO5/c1-3-5-7-9-11-13-15-27-31-35-39-43-47-51-57(62)63-52-48-44-40-36-32-29-26-24-22-20-18-16-17-19-21-23-25-28-30-34-38-42-46-50-56(61)58-54(53-59)55(60)49-45-41-37-33-14-12-10-8-6-4-2/h19,21,54-55,59-60H,3-18,20,22-53H2,1-2H3,(H,58,61)/b21-19-. The molecule has 0 saturated carbocycles. The van der Waals surface area contributed by atoms with Crippen molar-refractivity contribution in [2.45, 2.75) is 328 Å². The van der Waals surface area contributed by atoms with E-state index in [1.54, 1.807) is 0 Å². The number of esters is 1. The topological polar surface area (TPSA) is 95.9 Å². The highest BCUT2D eigenvalue weighted by Gasteiger charge is 2.20. The fourth-order valence-corrected chi connectivity index (χ4v) is 8.93. The Morgan fingerprint density at radius 3 is 1.13 bits per heavy atom. The zero-order valence-corrected chi connectivity index (χ0v) is 42.6. The number of unbranched alkanes of at least 4 members (excludes halogenated alkanes) is 40. The van der Waals surface area contributed by atoms with Crippen LogP contribution in [0.2, 0.25) is 0 Å². The van der Waals surface area contributed by atoms with E-state index in [9.17, 15) is 19.8 Å². The van der Waals surface area contributed by atoms with Gasteiger partial charge in [-0.3, -0.25) is 9.59 Å². The van der Waals surface area contributed by atoms with Crippen LogP contribution in [-0.4, -0.2) is 47.4 Å². The van der Waals surface area contributed by atoms with Gasteiger partial charge in [-0.25, -0.2) is 0 Å².